The lowest BCUT2D eigenvalue weighted by Crippen LogP contribution is -2.37. The van der Waals surface area contributed by atoms with Gasteiger partial charge in [-0.3, -0.25) is 9.59 Å². The number of rotatable bonds is 9. The highest BCUT2D eigenvalue weighted by Gasteiger charge is 2.22. The van der Waals surface area contributed by atoms with Crippen molar-refractivity contribution in [3.63, 3.8) is 0 Å². The summed E-state index contributed by atoms with van der Waals surface area (Å²) in [4.78, 5) is 46.5. The molecule has 0 saturated heterocycles. The van der Waals surface area contributed by atoms with Gasteiger partial charge in [0.1, 0.15) is 18.8 Å². The average Bonchev–Trinajstić information content (AvgIpc) is 2.73. The van der Waals surface area contributed by atoms with Crippen LogP contribution in [0.3, 0.4) is 0 Å². The Balaban J connectivity index is 2.79. The third-order valence-electron chi connectivity index (χ3n) is 3.74. The molecule has 0 amide bonds. The van der Waals surface area contributed by atoms with E-state index < -0.39 is 36.4 Å². The van der Waals surface area contributed by atoms with Gasteiger partial charge in [0.05, 0.1) is 20.1 Å². The van der Waals surface area contributed by atoms with E-state index in [-0.39, 0.29) is 30.4 Å². The molecule has 172 valence electrons. The maximum Gasteiger partial charge on any atom is 0.513 e. The van der Waals surface area contributed by atoms with Gasteiger partial charge in [-0.1, -0.05) is 19.9 Å². The van der Waals surface area contributed by atoms with Crippen LogP contribution in [0.2, 0.25) is 0 Å². The second kappa shape index (κ2) is 12.4. The van der Waals surface area contributed by atoms with Gasteiger partial charge in [0.25, 0.3) is 0 Å². The molecule has 2 atom stereocenters. The minimum atomic E-state index is -1.05. The van der Waals surface area contributed by atoms with Crippen LogP contribution in [0.1, 0.15) is 26.3 Å². The first-order valence-corrected chi connectivity index (χ1v) is 9.34. The summed E-state index contributed by atoms with van der Waals surface area (Å²) in [7, 11) is 2.23. The Labute approximate surface area is 179 Å². The van der Waals surface area contributed by atoms with Gasteiger partial charge in [-0.15, -0.1) is 0 Å². The van der Waals surface area contributed by atoms with Crippen molar-refractivity contribution in [2.45, 2.75) is 39.3 Å². The number of esters is 2. The number of carbonyl (C=O) groups excluding carboxylic acids is 4. The van der Waals surface area contributed by atoms with E-state index in [1.807, 2.05) is 0 Å². The van der Waals surface area contributed by atoms with E-state index in [1.54, 1.807) is 20.8 Å². The van der Waals surface area contributed by atoms with Gasteiger partial charge in [0.15, 0.2) is 11.5 Å². The van der Waals surface area contributed by atoms with Crippen LogP contribution in [-0.4, -0.2) is 57.2 Å². The zero-order valence-electron chi connectivity index (χ0n) is 18.0. The molecule has 11 nitrogen and oxygen atoms in total. The number of ether oxygens (including phenoxy) is 6. The first-order chi connectivity index (χ1) is 14.6. The molecule has 0 aliphatic heterocycles. The fourth-order valence-electron chi connectivity index (χ4n) is 2.13. The van der Waals surface area contributed by atoms with Gasteiger partial charge in [-0.05, 0) is 31.0 Å². The summed E-state index contributed by atoms with van der Waals surface area (Å²) in [5, 5.41) is 0. The topological polar surface area (TPSA) is 150 Å². The lowest BCUT2D eigenvalue weighted by molar-refractivity contribution is -0.160. The molecule has 0 radical (unpaired) electrons. The average molecular weight is 441 g/mol. The van der Waals surface area contributed by atoms with Crippen molar-refractivity contribution in [3.8, 4) is 11.5 Å². The Morgan fingerprint density at radius 1 is 0.903 bits per heavy atom. The summed E-state index contributed by atoms with van der Waals surface area (Å²) in [6.45, 7) is 4.86. The van der Waals surface area contributed by atoms with Crippen molar-refractivity contribution < 1.29 is 47.6 Å². The Kier molecular flexibility index (Phi) is 10.3. The van der Waals surface area contributed by atoms with Gasteiger partial charge >= 0.3 is 24.2 Å². The molecule has 0 fully saturated rings. The highest BCUT2D eigenvalue weighted by atomic mass is 16.7. The fraction of sp³-hybridized carbons (Fsp3) is 0.500. The van der Waals surface area contributed by atoms with Crippen LogP contribution in [0.4, 0.5) is 9.59 Å². The van der Waals surface area contributed by atoms with Crippen molar-refractivity contribution in [1.82, 2.24) is 0 Å². The second-order valence-corrected chi connectivity index (χ2v) is 6.74. The molecule has 31 heavy (non-hydrogen) atoms. The second-order valence-electron chi connectivity index (χ2n) is 6.74. The summed E-state index contributed by atoms with van der Waals surface area (Å²) in [5.41, 5.74) is 6.39. The Morgan fingerprint density at radius 3 is 2.03 bits per heavy atom. The van der Waals surface area contributed by atoms with E-state index in [9.17, 15) is 19.2 Å². The smallest absolute Gasteiger partial charge is 0.462 e. The molecule has 0 aliphatic rings. The van der Waals surface area contributed by atoms with Gasteiger partial charge in [0, 0.05) is 0 Å². The fourth-order valence-corrected chi connectivity index (χ4v) is 2.13. The predicted octanol–water partition coefficient (Wildman–Crippen LogP) is 1.98. The molecule has 0 saturated carbocycles. The quantitative estimate of drug-likeness (QED) is 0.340. The van der Waals surface area contributed by atoms with Crippen LogP contribution in [0.25, 0.3) is 0 Å². The van der Waals surface area contributed by atoms with Crippen LogP contribution in [0.5, 0.6) is 11.5 Å². The minimum absolute atomic E-state index is 0.0212. The lowest BCUT2D eigenvalue weighted by atomic mass is 10.1. The largest absolute Gasteiger partial charge is 0.513 e. The van der Waals surface area contributed by atoms with Crippen LogP contribution in [0, 0.1) is 5.92 Å². The number of benzene rings is 1. The zero-order chi connectivity index (χ0) is 23.6. The summed E-state index contributed by atoms with van der Waals surface area (Å²) in [6.07, 6.45) is -2.72. The minimum Gasteiger partial charge on any atom is -0.462 e. The summed E-state index contributed by atoms with van der Waals surface area (Å²) >= 11 is 0. The SMILES string of the molecule is COC(=O)Oc1ccc(C[C@H](N)C(=O)O[C@@H](C)COC(=O)C(C)C)cc1OC(=O)OC. The molecule has 11 heteroatoms. The van der Waals surface area contributed by atoms with E-state index in [0.717, 1.165) is 14.2 Å². The number of nitrogens with two attached hydrogens (primary N) is 1. The molecule has 0 spiro atoms. The van der Waals surface area contributed by atoms with Crippen molar-refractivity contribution in [2.24, 2.45) is 11.7 Å². The third kappa shape index (κ3) is 8.91. The summed E-state index contributed by atoms with van der Waals surface area (Å²) in [5.74, 6) is -1.64. The van der Waals surface area contributed by atoms with Crippen LogP contribution < -0.4 is 15.2 Å². The van der Waals surface area contributed by atoms with Gasteiger partial charge in [-0.2, -0.15) is 0 Å². The monoisotopic (exact) mass is 441 g/mol. The maximum atomic E-state index is 12.2. The van der Waals surface area contributed by atoms with Crippen LogP contribution in [-0.2, 0) is 35.0 Å². The number of carbonyl (C=O) groups is 4. The van der Waals surface area contributed by atoms with E-state index >= 15 is 0 Å². The van der Waals surface area contributed by atoms with Crippen LogP contribution >= 0.6 is 0 Å². The standard InChI is InChI=1S/C20H27NO10/c1-11(2)17(22)28-10-12(3)29-18(23)14(21)8-13-6-7-15(30-19(24)26-4)16(9-13)31-20(25)27-5/h6-7,9,11-12,14H,8,10,21H2,1-5H3/t12-,14-/m0/s1. The van der Waals surface area contributed by atoms with Crippen molar-refractivity contribution >= 4 is 24.2 Å². The van der Waals surface area contributed by atoms with Gasteiger partial charge in [-0.25, -0.2) is 9.59 Å². The molecule has 0 heterocycles. The van der Waals surface area contributed by atoms with Crippen molar-refractivity contribution in [2.75, 3.05) is 20.8 Å². The molecule has 0 aromatic heterocycles. The number of hydrogen-bond acceptors (Lipinski definition) is 11. The molecule has 0 aliphatic carbocycles. The number of methoxy groups -OCH3 is 2. The molecule has 1 rings (SSSR count). The maximum absolute atomic E-state index is 12.2. The molecular formula is C20H27NO10. The lowest BCUT2D eigenvalue weighted by Gasteiger charge is -2.18. The first-order valence-electron chi connectivity index (χ1n) is 9.34. The van der Waals surface area contributed by atoms with Gasteiger partial charge < -0.3 is 34.2 Å². The normalized spacial score (nSPS) is 12.4. The van der Waals surface area contributed by atoms with E-state index in [1.165, 1.54) is 18.2 Å². The first kappa shape index (κ1) is 25.7. The Bertz CT molecular complexity index is 792. The summed E-state index contributed by atoms with van der Waals surface area (Å²) in [6, 6.07) is 3.16. The predicted molar refractivity (Wildman–Crippen MR) is 106 cm³/mol. The Hall–Kier alpha value is -3.34. The Morgan fingerprint density at radius 2 is 1.48 bits per heavy atom. The highest BCUT2D eigenvalue weighted by molar-refractivity contribution is 5.76. The molecule has 1 aromatic rings. The highest BCUT2D eigenvalue weighted by Crippen LogP contribution is 2.29. The number of hydrogen-bond donors (Lipinski definition) is 1. The molecule has 0 bridgehead atoms. The van der Waals surface area contributed by atoms with Gasteiger partial charge in [0.2, 0.25) is 0 Å². The molecule has 1 aromatic carbocycles. The van der Waals surface area contributed by atoms with E-state index in [2.05, 4.69) is 9.47 Å². The molecular weight excluding hydrogens is 414 g/mol. The van der Waals surface area contributed by atoms with Crippen molar-refractivity contribution in [3.05, 3.63) is 23.8 Å². The van der Waals surface area contributed by atoms with E-state index in [0.29, 0.717) is 5.56 Å². The third-order valence-corrected chi connectivity index (χ3v) is 3.74. The van der Waals surface area contributed by atoms with Crippen LogP contribution in [0.15, 0.2) is 18.2 Å². The molecule has 2 N–H and O–H groups in total. The van der Waals surface area contributed by atoms with Crippen molar-refractivity contribution in [1.29, 1.82) is 0 Å². The zero-order valence-corrected chi connectivity index (χ0v) is 18.0. The van der Waals surface area contributed by atoms with E-state index in [4.69, 9.17) is 24.7 Å². The molecule has 0 unspecified atom stereocenters. The summed E-state index contributed by atoms with van der Waals surface area (Å²) < 4.78 is 28.9.